The first kappa shape index (κ1) is 12.2. The Kier molecular flexibility index (Phi) is 3.86. The highest BCUT2D eigenvalue weighted by atomic mass is 32.1. The first-order valence-corrected chi connectivity index (χ1v) is 6.67. The van der Waals surface area contributed by atoms with E-state index in [4.69, 9.17) is 0 Å². The predicted molar refractivity (Wildman–Crippen MR) is 68.3 cm³/mol. The molecule has 1 atom stereocenters. The second-order valence-electron chi connectivity index (χ2n) is 4.45. The maximum atomic E-state index is 4.09. The average Bonchev–Trinajstić information content (AvgIpc) is 2.94. The summed E-state index contributed by atoms with van der Waals surface area (Å²) in [5.74, 6) is 1.46. The predicted octanol–water partition coefficient (Wildman–Crippen LogP) is 2.03. The summed E-state index contributed by atoms with van der Waals surface area (Å²) in [6.45, 7) is 7.40. The lowest BCUT2D eigenvalue weighted by Crippen LogP contribution is -2.25. The molecule has 0 spiro atoms. The zero-order valence-electron chi connectivity index (χ0n) is 10.3. The third kappa shape index (κ3) is 2.89. The molecule has 0 aliphatic rings. The van der Waals surface area contributed by atoms with Gasteiger partial charge < -0.3 is 5.32 Å². The van der Waals surface area contributed by atoms with Crippen molar-refractivity contribution in [2.45, 2.75) is 26.8 Å². The van der Waals surface area contributed by atoms with Crippen LogP contribution < -0.4 is 5.32 Å². The maximum absolute atomic E-state index is 4.09. The van der Waals surface area contributed by atoms with E-state index in [1.807, 2.05) is 16.8 Å². The largest absolute Gasteiger partial charge is 0.307 e. The summed E-state index contributed by atoms with van der Waals surface area (Å²) in [7, 11) is 0. The Balaban J connectivity index is 2.14. The second-order valence-corrected chi connectivity index (χ2v) is 5.23. The molecule has 5 nitrogen and oxygen atoms in total. The highest BCUT2D eigenvalue weighted by Gasteiger charge is 2.15. The second kappa shape index (κ2) is 5.37. The number of hydrogen-bond donors (Lipinski definition) is 1. The molecule has 17 heavy (non-hydrogen) atoms. The first-order chi connectivity index (χ1) is 8.18. The molecule has 0 fully saturated rings. The Labute approximate surface area is 105 Å². The van der Waals surface area contributed by atoms with Gasteiger partial charge >= 0.3 is 0 Å². The summed E-state index contributed by atoms with van der Waals surface area (Å²) < 4.78 is 1.79. The van der Waals surface area contributed by atoms with Gasteiger partial charge in [-0.05, 0) is 41.3 Å². The van der Waals surface area contributed by atoms with Crippen LogP contribution in [-0.4, -0.2) is 26.8 Å². The molecule has 0 aliphatic carbocycles. The molecular formula is C11H17N5S. The maximum Gasteiger partial charge on any atom is 0.173 e. The van der Waals surface area contributed by atoms with Gasteiger partial charge in [-0.15, -0.1) is 5.10 Å². The summed E-state index contributed by atoms with van der Waals surface area (Å²) in [6, 6.07) is 2.16. The minimum absolute atomic E-state index is 0.146. The van der Waals surface area contributed by atoms with Crippen LogP contribution in [0.25, 0.3) is 5.69 Å². The highest BCUT2D eigenvalue weighted by Crippen LogP contribution is 2.16. The first-order valence-electron chi connectivity index (χ1n) is 5.72. The molecule has 1 unspecified atom stereocenters. The SMILES string of the molecule is CC(C)CNC(C)c1nnnn1-c1ccsc1. The van der Waals surface area contributed by atoms with Gasteiger partial charge in [-0.3, -0.25) is 0 Å². The lowest BCUT2D eigenvalue weighted by molar-refractivity contribution is 0.475. The van der Waals surface area contributed by atoms with Crippen LogP contribution in [0.5, 0.6) is 0 Å². The van der Waals surface area contributed by atoms with Crippen molar-refractivity contribution in [2.24, 2.45) is 5.92 Å². The van der Waals surface area contributed by atoms with Crippen LogP contribution in [0.1, 0.15) is 32.6 Å². The van der Waals surface area contributed by atoms with Crippen molar-refractivity contribution in [3.8, 4) is 5.69 Å². The van der Waals surface area contributed by atoms with Gasteiger partial charge in [0.15, 0.2) is 5.82 Å². The molecule has 0 radical (unpaired) electrons. The van der Waals surface area contributed by atoms with Gasteiger partial charge in [-0.25, -0.2) is 0 Å². The Bertz CT molecular complexity index is 448. The van der Waals surface area contributed by atoms with Gasteiger partial charge in [0.05, 0.1) is 11.7 Å². The van der Waals surface area contributed by atoms with E-state index in [1.165, 1.54) is 0 Å². The number of nitrogens with zero attached hydrogens (tertiary/aromatic N) is 4. The Morgan fingerprint density at radius 2 is 2.24 bits per heavy atom. The minimum atomic E-state index is 0.146. The van der Waals surface area contributed by atoms with E-state index in [-0.39, 0.29) is 6.04 Å². The smallest absolute Gasteiger partial charge is 0.173 e. The van der Waals surface area contributed by atoms with Crippen LogP contribution in [0.2, 0.25) is 0 Å². The van der Waals surface area contributed by atoms with Gasteiger partial charge in [0, 0.05) is 5.38 Å². The van der Waals surface area contributed by atoms with E-state index < -0.39 is 0 Å². The molecule has 1 N–H and O–H groups in total. The molecule has 0 amide bonds. The molecule has 0 saturated carbocycles. The lowest BCUT2D eigenvalue weighted by Gasteiger charge is -2.14. The third-order valence-corrected chi connectivity index (χ3v) is 3.13. The monoisotopic (exact) mass is 251 g/mol. The number of rotatable bonds is 5. The topological polar surface area (TPSA) is 55.6 Å². The molecule has 2 aromatic heterocycles. The molecule has 0 aromatic carbocycles. The van der Waals surface area contributed by atoms with Crippen molar-refractivity contribution in [3.05, 3.63) is 22.7 Å². The minimum Gasteiger partial charge on any atom is -0.307 e. The number of nitrogens with one attached hydrogen (secondary N) is 1. The molecule has 0 saturated heterocycles. The standard InChI is InChI=1S/C11H17N5S/c1-8(2)6-12-9(3)11-13-14-15-16(11)10-4-5-17-7-10/h4-5,7-9,12H,6H2,1-3H3. The lowest BCUT2D eigenvalue weighted by atomic mass is 10.2. The summed E-state index contributed by atoms with van der Waals surface area (Å²) in [5.41, 5.74) is 1.02. The number of tetrazole rings is 1. The van der Waals surface area contributed by atoms with Crippen LogP contribution in [0.15, 0.2) is 16.8 Å². The van der Waals surface area contributed by atoms with Crippen molar-refractivity contribution in [2.75, 3.05) is 6.54 Å². The number of thiophene rings is 1. The third-order valence-electron chi connectivity index (χ3n) is 2.46. The van der Waals surface area contributed by atoms with Crippen LogP contribution >= 0.6 is 11.3 Å². The fourth-order valence-corrected chi connectivity index (χ4v) is 2.14. The zero-order valence-corrected chi connectivity index (χ0v) is 11.1. The van der Waals surface area contributed by atoms with E-state index in [0.717, 1.165) is 18.1 Å². The van der Waals surface area contributed by atoms with Gasteiger partial charge in [0.25, 0.3) is 0 Å². The molecule has 0 aliphatic heterocycles. The summed E-state index contributed by atoms with van der Waals surface area (Å²) in [4.78, 5) is 0. The molecular weight excluding hydrogens is 234 g/mol. The summed E-state index contributed by atoms with van der Waals surface area (Å²) >= 11 is 1.64. The van der Waals surface area contributed by atoms with Crippen molar-refractivity contribution in [3.63, 3.8) is 0 Å². The Morgan fingerprint density at radius 3 is 2.88 bits per heavy atom. The normalized spacial score (nSPS) is 13.2. The highest BCUT2D eigenvalue weighted by molar-refractivity contribution is 7.08. The summed E-state index contributed by atoms with van der Waals surface area (Å²) in [5, 5.41) is 19.4. The van der Waals surface area contributed by atoms with Gasteiger partial charge in [-0.2, -0.15) is 16.0 Å². The van der Waals surface area contributed by atoms with E-state index in [2.05, 4.69) is 41.6 Å². The van der Waals surface area contributed by atoms with Crippen molar-refractivity contribution < 1.29 is 0 Å². The van der Waals surface area contributed by atoms with E-state index >= 15 is 0 Å². The van der Waals surface area contributed by atoms with Crippen molar-refractivity contribution in [1.82, 2.24) is 25.5 Å². The van der Waals surface area contributed by atoms with Crippen molar-refractivity contribution >= 4 is 11.3 Å². The van der Waals surface area contributed by atoms with Crippen molar-refractivity contribution in [1.29, 1.82) is 0 Å². The van der Waals surface area contributed by atoms with Crippen LogP contribution in [-0.2, 0) is 0 Å². The van der Waals surface area contributed by atoms with E-state index in [1.54, 1.807) is 16.0 Å². The molecule has 2 aromatic rings. The average molecular weight is 251 g/mol. The summed E-state index contributed by atoms with van der Waals surface area (Å²) in [6.07, 6.45) is 0. The molecule has 2 heterocycles. The number of aromatic nitrogens is 4. The van der Waals surface area contributed by atoms with E-state index in [0.29, 0.717) is 5.92 Å². The van der Waals surface area contributed by atoms with E-state index in [9.17, 15) is 0 Å². The zero-order chi connectivity index (χ0) is 12.3. The fraction of sp³-hybridized carbons (Fsp3) is 0.545. The molecule has 0 bridgehead atoms. The van der Waals surface area contributed by atoms with Gasteiger partial charge in [-0.1, -0.05) is 13.8 Å². The van der Waals surface area contributed by atoms with Gasteiger partial charge in [0.1, 0.15) is 0 Å². The Morgan fingerprint density at radius 1 is 1.41 bits per heavy atom. The fourth-order valence-electron chi connectivity index (χ4n) is 1.53. The van der Waals surface area contributed by atoms with Crippen LogP contribution in [0, 0.1) is 5.92 Å². The quantitative estimate of drug-likeness (QED) is 0.883. The molecule has 2 rings (SSSR count). The number of hydrogen-bond acceptors (Lipinski definition) is 5. The Hall–Kier alpha value is -1.27. The van der Waals surface area contributed by atoms with Gasteiger partial charge in [0.2, 0.25) is 0 Å². The van der Waals surface area contributed by atoms with Crippen LogP contribution in [0.3, 0.4) is 0 Å². The molecule has 92 valence electrons. The molecule has 6 heteroatoms. The van der Waals surface area contributed by atoms with Crippen LogP contribution in [0.4, 0.5) is 0 Å².